The Balaban J connectivity index is 1.42. The quantitative estimate of drug-likeness (QED) is 0.813. The zero-order chi connectivity index (χ0) is 19.0. The molecule has 3 aliphatic rings. The van der Waals surface area contributed by atoms with Crippen LogP contribution < -0.4 is 11.2 Å². The molecule has 0 bridgehead atoms. The molecule has 4 rings (SSSR count). The van der Waals surface area contributed by atoms with Crippen molar-refractivity contribution in [2.24, 2.45) is 11.3 Å². The van der Waals surface area contributed by atoms with Crippen LogP contribution in [0.5, 0.6) is 0 Å². The van der Waals surface area contributed by atoms with E-state index in [-0.39, 0.29) is 18.4 Å². The summed E-state index contributed by atoms with van der Waals surface area (Å²) in [5.41, 5.74) is -1.53. The molecular formula is C19H26N4O4. The average Bonchev–Trinajstić information content (AvgIpc) is 3.02. The predicted molar refractivity (Wildman–Crippen MR) is 98.1 cm³/mol. The second kappa shape index (κ2) is 6.98. The second-order valence-corrected chi connectivity index (χ2v) is 8.24. The van der Waals surface area contributed by atoms with Crippen LogP contribution in [0.3, 0.4) is 0 Å². The molecule has 2 saturated heterocycles. The second-order valence-electron chi connectivity index (χ2n) is 8.24. The summed E-state index contributed by atoms with van der Waals surface area (Å²) in [4.78, 5) is 54.6. The van der Waals surface area contributed by atoms with Crippen molar-refractivity contribution in [3.8, 4) is 0 Å². The highest BCUT2D eigenvalue weighted by molar-refractivity contribution is 5.86. The minimum atomic E-state index is -0.592. The van der Waals surface area contributed by atoms with Crippen molar-refractivity contribution < 1.29 is 9.59 Å². The number of nitrogens with zero attached hydrogens (tertiary/aromatic N) is 3. The first-order chi connectivity index (χ1) is 13.0. The van der Waals surface area contributed by atoms with Crippen molar-refractivity contribution in [2.45, 2.75) is 45.1 Å². The van der Waals surface area contributed by atoms with Crippen molar-refractivity contribution in [2.75, 3.05) is 26.2 Å². The summed E-state index contributed by atoms with van der Waals surface area (Å²) in [7, 11) is 0. The topological polar surface area (TPSA) is 95.5 Å². The van der Waals surface area contributed by atoms with E-state index in [0.717, 1.165) is 25.9 Å². The van der Waals surface area contributed by atoms with E-state index in [1.54, 1.807) is 4.90 Å². The Labute approximate surface area is 157 Å². The summed E-state index contributed by atoms with van der Waals surface area (Å²) >= 11 is 0. The van der Waals surface area contributed by atoms with Gasteiger partial charge in [0.1, 0.15) is 6.54 Å². The fourth-order valence-corrected chi connectivity index (χ4v) is 4.59. The molecule has 1 spiro atoms. The number of carbonyl (C=O) groups is 2. The Bertz CT molecular complexity index is 856. The first-order valence-corrected chi connectivity index (χ1v) is 9.84. The van der Waals surface area contributed by atoms with Crippen LogP contribution >= 0.6 is 0 Å². The molecule has 0 aromatic carbocycles. The van der Waals surface area contributed by atoms with Gasteiger partial charge in [-0.05, 0) is 38.0 Å². The Hall–Kier alpha value is -2.38. The highest BCUT2D eigenvalue weighted by Gasteiger charge is 2.49. The van der Waals surface area contributed by atoms with E-state index in [2.05, 4.69) is 4.98 Å². The molecule has 2 amide bonds. The first-order valence-electron chi connectivity index (χ1n) is 9.84. The summed E-state index contributed by atoms with van der Waals surface area (Å²) < 4.78 is 1.19. The highest BCUT2D eigenvalue weighted by atomic mass is 16.2. The van der Waals surface area contributed by atoms with Crippen LogP contribution in [0.15, 0.2) is 21.9 Å². The number of piperidine rings is 1. The molecule has 0 radical (unpaired) electrons. The fourth-order valence-electron chi connectivity index (χ4n) is 4.59. The maximum Gasteiger partial charge on any atom is 0.328 e. The van der Waals surface area contributed by atoms with E-state index in [1.807, 2.05) is 4.90 Å². The van der Waals surface area contributed by atoms with Gasteiger partial charge >= 0.3 is 5.69 Å². The number of rotatable bonds is 4. The number of aromatic nitrogens is 2. The first kappa shape index (κ1) is 18.0. The van der Waals surface area contributed by atoms with Crippen molar-refractivity contribution in [1.29, 1.82) is 0 Å². The molecule has 8 heteroatoms. The molecule has 2 aliphatic heterocycles. The SMILES string of the molecule is O=C(Cn1ccc(=O)[nH]c1=O)N1CC[C@]2(CCCN(CC3CCC3)C2=O)C1. The van der Waals surface area contributed by atoms with Crippen LogP contribution in [0.2, 0.25) is 0 Å². The Kier molecular flexibility index (Phi) is 4.65. The van der Waals surface area contributed by atoms with Gasteiger partial charge in [0.05, 0.1) is 5.41 Å². The summed E-state index contributed by atoms with van der Waals surface area (Å²) in [6.45, 7) is 2.55. The van der Waals surface area contributed by atoms with Gasteiger partial charge in [0, 0.05) is 38.4 Å². The van der Waals surface area contributed by atoms with E-state index in [0.29, 0.717) is 25.4 Å². The normalized spacial score (nSPS) is 25.9. The standard InChI is InChI=1S/C19H26N4O4/c24-15-5-9-22(18(27)20-15)12-16(25)23-10-7-19(13-23)6-2-8-21(17(19)26)11-14-3-1-4-14/h5,9,14H,1-4,6-8,10-13H2,(H,20,24,27)/t19-/m1/s1. The molecule has 1 saturated carbocycles. The van der Waals surface area contributed by atoms with Gasteiger partial charge in [-0.3, -0.25) is 23.9 Å². The van der Waals surface area contributed by atoms with Gasteiger partial charge in [-0.1, -0.05) is 6.42 Å². The summed E-state index contributed by atoms with van der Waals surface area (Å²) in [5, 5.41) is 0. The average molecular weight is 374 g/mol. The monoisotopic (exact) mass is 374 g/mol. The van der Waals surface area contributed by atoms with Gasteiger partial charge in [0.15, 0.2) is 0 Å². The third-order valence-electron chi connectivity index (χ3n) is 6.44. The third kappa shape index (κ3) is 3.44. The van der Waals surface area contributed by atoms with Crippen molar-refractivity contribution in [1.82, 2.24) is 19.4 Å². The number of amides is 2. The highest BCUT2D eigenvalue weighted by Crippen LogP contribution is 2.41. The maximum absolute atomic E-state index is 13.1. The molecule has 1 aromatic heterocycles. The molecule has 0 unspecified atom stereocenters. The van der Waals surface area contributed by atoms with Crippen molar-refractivity contribution >= 4 is 11.8 Å². The smallest absolute Gasteiger partial charge is 0.328 e. The van der Waals surface area contributed by atoms with Crippen LogP contribution in [-0.4, -0.2) is 57.3 Å². The van der Waals surface area contributed by atoms with Gasteiger partial charge in [0.2, 0.25) is 11.8 Å². The fraction of sp³-hybridized carbons (Fsp3) is 0.684. The van der Waals surface area contributed by atoms with Crippen molar-refractivity contribution in [3.63, 3.8) is 0 Å². The Morgan fingerprint density at radius 3 is 2.67 bits per heavy atom. The molecule has 3 fully saturated rings. The number of hydrogen-bond acceptors (Lipinski definition) is 4. The zero-order valence-corrected chi connectivity index (χ0v) is 15.5. The van der Waals surface area contributed by atoms with E-state index >= 15 is 0 Å². The lowest BCUT2D eigenvalue weighted by Gasteiger charge is -2.42. The summed E-state index contributed by atoms with van der Waals surface area (Å²) in [6, 6.07) is 1.23. The zero-order valence-electron chi connectivity index (χ0n) is 15.5. The molecule has 146 valence electrons. The van der Waals surface area contributed by atoms with Crippen molar-refractivity contribution in [3.05, 3.63) is 33.1 Å². The molecule has 8 nitrogen and oxygen atoms in total. The molecule has 1 aromatic rings. The van der Waals surface area contributed by atoms with Crippen LogP contribution in [-0.2, 0) is 16.1 Å². The number of likely N-dealkylation sites (tertiary alicyclic amines) is 2. The van der Waals surface area contributed by atoms with Gasteiger partial charge in [-0.15, -0.1) is 0 Å². The lowest BCUT2D eigenvalue weighted by atomic mass is 9.77. The van der Waals surface area contributed by atoms with E-state index in [9.17, 15) is 19.2 Å². The number of carbonyl (C=O) groups excluding carboxylic acids is 2. The van der Waals surface area contributed by atoms with Gasteiger partial charge in [-0.25, -0.2) is 4.79 Å². The molecule has 27 heavy (non-hydrogen) atoms. The minimum absolute atomic E-state index is 0.119. The third-order valence-corrected chi connectivity index (χ3v) is 6.44. The van der Waals surface area contributed by atoms with E-state index < -0.39 is 16.7 Å². The summed E-state index contributed by atoms with van der Waals surface area (Å²) in [5.74, 6) is 0.664. The lowest BCUT2D eigenvalue weighted by Crippen LogP contribution is -2.52. The van der Waals surface area contributed by atoms with E-state index in [4.69, 9.17) is 0 Å². The van der Waals surface area contributed by atoms with E-state index in [1.165, 1.54) is 36.1 Å². The molecular weight excluding hydrogens is 348 g/mol. The number of aromatic amines is 1. The molecule has 1 aliphatic carbocycles. The van der Waals surface area contributed by atoms with Gasteiger partial charge in [0.25, 0.3) is 5.56 Å². The Morgan fingerprint density at radius 2 is 1.96 bits per heavy atom. The minimum Gasteiger partial charge on any atom is -0.342 e. The maximum atomic E-state index is 13.1. The number of H-pyrrole nitrogens is 1. The number of nitrogens with one attached hydrogen (secondary N) is 1. The van der Waals surface area contributed by atoms with Gasteiger partial charge < -0.3 is 9.80 Å². The van der Waals surface area contributed by atoms with Crippen LogP contribution in [0.25, 0.3) is 0 Å². The largest absolute Gasteiger partial charge is 0.342 e. The van der Waals surface area contributed by atoms with Crippen LogP contribution in [0.1, 0.15) is 38.5 Å². The molecule has 3 heterocycles. The van der Waals surface area contributed by atoms with Crippen LogP contribution in [0.4, 0.5) is 0 Å². The van der Waals surface area contributed by atoms with Gasteiger partial charge in [-0.2, -0.15) is 0 Å². The van der Waals surface area contributed by atoms with Crippen LogP contribution in [0, 0.1) is 11.3 Å². The predicted octanol–water partition coefficient (Wildman–Crippen LogP) is 0.178. The number of hydrogen-bond donors (Lipinski definition) is 1. The lowest BCUT2D eigenvalue weighted by molar-refractivity contribution is -0.147. The molecule has 1 N–H and O–H groups in total. The molecule has 1 atom stereocenters. The Morgan fingerprint density at radius 1 is 1.15 bits per heavy atom. The summed E-state index contributed by atoms with van der Waals surface area (Å²) in [6.07, 6.45) is 7.54.